The Bertz CT molecular complexity index is 339. The van der Waals surface area contributed by atoms with Gasteiger partial charge >= 0.3 is 0 Å². The van der Waals surface area contributed by atoms with Gasteiger partial charge < -0.3 is 14.6 Å². The summed E-state index contributed by atoms with van der Waals surface area (Å²) in [6.45, 7) is 2.40. The van der Waals surface area contributed by atoms with Gasteiger partial charge in [-0.15, -0.1) is 0 Å². The molecule has 0 saturated carbocycles. The number of halogens is 1. The van der Waals surface area contributed by atoms with E-state index >= 15 is 0 Å². The van der Waals surface area contributed by atoms with E-state index in [4.69, 9.17) is 9.47 Å². The maximum absolute atomic E-state index is 9.48. The van der Waals surface area contributed by atoms with Gasteiger partial charge in [-0.25, -0.2) is 0 Å². The third-order valence-corrected chi connectivity index (χ3v) is 3.02. The number of hydrogen-bond donors (Lipinski definition) is 1. The molecule has 1 N–H and O–H groups in total. The summed E-state index contributed by atoms with van der Waals surface area (Å²) in [6.07, 6.45) is 1.60. The highest BCUT2D eigenvalue weighted by Gasteiger charge is 2.08. The fraction of sp³-hybridized carbons (Fsp3) is 0.538. The molecule has 0 aliphatic heterocycles. The number of alkyl halides is 1. The zero-order chi connectivity index (χ0) is 12.7. The Hall–Kier alpha value is -0.740. The predicted octanol–water partition coefficient (Wildman–Crippen LogP) is 3.30. The van der Waals surface area contributed by atoms with Gasteiger partial charge in [0.1, 0.15) is 0 Å². The second-order valence-corrected chi connectivity index (χ2v) is 4.62. The van der Waals surface area contributed by atoms with Crippen LogP contribution in [0, 0.1) is 0 Å². The summed E-state index contributed by atoms with van der Waals surface area (Å²) in [7, 11) is 1.60. The Labute approximate surface area is 111 Å². The molecule has 0 amide bonds. The van der Waals surface area contributed by atoms with Gasteiger partial charge in [-0.05, 0) is 37.5 Å². The van der Waals surface area contributed by atoms with Crippen molar-refractivity contribution in [3.8, 4) is 11.5 Å². The lowest BCUT2D eigenvalue weighted by atomic mass is 10.1. The van der Waals surface area contributed by atoms with Crippen molar-refractivity contribution in [3.05, 3.63) is 23.8 Å². The molecule has 0 bridgehead atoms. The first-order valence-electron chi connectivity index (χ1n) is 5.73. The largest absolute Gasteiger partial charge is 0.493 e. The smallest absolute Gasteiger partial charge is 0.161 e. The molecule has 0 fully saturated rings. The van der Waals surface area contributed by atoms with Crippen LogP contribution in [-0.4, -0.2) is 24.2 Å². The van der Waals surface area contributed by atoms with Crippen molar-refractivity contribution in [1.82, 2.24) is 0 Å². The zero-order valence-electron chi connectivity index (χ0n) is 10.3. The first kappa shape index (κ1) is 14.3. The Morgan fingerprint density at radius 3 is 2.65 bits per heavy atom. The molecule has 0 aliphatic rings. The molecule has 3 nitrogen and oxygen atoms in total. The van der Waals surface area contributed by atoms with Crippen molar-refractivity contribution in [2.45, 2.75) is 25.9 Å². The number of ether oxygens (including phenoxy) is 2. The monoisotopic (exact) mass is 302 g/mol. The highest BCUT2D eigenvalue weighted by molar-refractivity contribution is 9.09. The third kappa shape index (κ3) is 4.56. The van der Waals surface area contributed by atoms with Crippen LogP contribution in [0.3, 0.4) is 0 Å². The maximum atomic E-state index is 9.48. The number of rotatable bonds is 7. The minimum Gasteiger partial charge on any atom is -0.493 e. The second-order valence-electron chi connectivity index (χ2n) is 3.83. The van der Waals surface area contributed by atoms with E-state index in [1.54, 1.807) is 14.0 Å². The number of benzene rings is 1. The van der Waals surface area contributed by atoms with E-state index in [-0.39, 0.29) is 0 Å². The van der Waals surface area contributed by atoms with E-state index in [2.05, 4.69) is 15.9 Å². The van der Waals surface area contributed by atoms with E-state index in [9.17, 15) is 5.11 Å². The van der Waals surface area contributed by atoms with Crippen molar-refractivity contribution >= 4 is 15.9 Å². The summed E-state index contributed by atoms with van der Waals surface area (Å²) in [6, 6.07) is 5.51. The van der Waals surface area contributed by atoms with Gasteiger partial charge in [-0.3, -0.25) is 0 Å². The zero-order valence-corrected chi connectivity index (χ0v) is 11.9. The molecule has 0 aromatic heterocycles. The Morgan fingerprint density at radius 1 is 1.29 bits per heavy atom. The van der Waals surface area contributed by atoms with Crippen LogP contribution >= 0.6 is 15.9 Å². The number of methoxy groups -OCH3 is 1. The molecule has 1 aromatic carbocycles. The minimum atomic E-state index is -0.494. The lowest BCUT2D eigenvalue weighted by Crippen LogP contribution is -2.01. The normalized spacial score (nSPS) is 12.2. The van der Waals surface area contributed by atoms with E-state index < -0.39 is 6.10 Å². The van der Waals surface area contributed by atoms with Crippen molar-refractivity contribution in [3.63, 3.8) is 0 Å². The number of hydrogen-bond acceptors (Lipinski definition) is 3. The van der Waals surface area contributed by atoms with E-state index in [0.29, 0.717) is 12.4 Å². The van der Waals surface area contributed by atoms with Crippen LogP contribution in [0.5, 0.6) is 11.5 Å². The van der Waals surface area contributed by atoms with Crippen molar-refractivity contribution in [1.29, 1.82) is 0 Å². The standard InChI is InChI=1S/C13H19BrO3/c1-10(15)11-5-6-12(13(9-11)16-2)17-8-4-3-7-14/h5-6,9-10,15H,3-4,7-8H2,1-2H3. The van der Waals surface area contributed by atoms with Gasteiger partial charge in [0.05, 0.1) is 19.8 Å². The maximum Gasteiger partial charge on any atom is 0.161 e. The molecule has 0 saturated heterocycles. The van der Waals surface area contributed by atoms with E-state index in [1.165, 1.54) is 0 Å². The summed E-state index contributed by atoms with van der Waals surface area (Å²) < 4.78 is 10.9. The molecular weight excluding hydrogens is 284 g/mol. The summed E-state index contributed by atoms with van der Waals surface area (Å²) in [4.78, 5) is 0. The molecule has 0 heterocycles. The molecule has 1 rings (SSSR count). The first-order chi connectivity index (χ1) is 8.19. The van der Waals surface area contributed by atoms with Crippen LogP contribution in [0.2, 0.25) is 0 Å². The Morgan fingerprint density at radius 2 is 2.06 bits per heavy atom. The lowest BCUT2D eigenvalue weighted by Gasteiger charge is -2.13. The van der Waals surface area contributed by atoms with Gasteiger partial charge in [0, 0.05) is 5.33 Å². The van der Waals surface area contributed by atoms with E-state index in [0.717, 1.165) is 29.5 Å². The molecule has 1 unspecified atom stereocenters. The predicted molar refractivity (Wildman–Crippen MR) is 72.2 cm³/mol. The average Bonchev–Trinajstić information content (AvgIpc) is 2.34. The summed E-state index contributed by atoms with van der Waals surface area (Å²) in [5.41, 5.74) is 0.828. The third-order valence-electron chi connectivity index (χ3n) is 2.46. The molecule has 17 heavy (non-hydrogen) atoms. The average molecular weight is 303 g/mol. The number of unbranched alkanes of at least 4 members (excludes halogenated alkanes) is 1. The van der Waals surface area contributed by atoms with E-state index in [1.807, 2.05) is 18.2 Å². The fourth-order valence-electron chi connectivity index (χ4n) is 1.44. The van der Waals surface area contributed by atoms with Crippen LogP contribution < -0.4 is 9.47 Å². The second kappa shape index (κ2) is 7.56. The number of aliphatic hydroxyl groups is 1. The SMILES string of the molecule is COc1cc(C(C)O)ccc1OCCCCBr. The summed E-state index contributed by atoms with van der Waals surface area (Å²) in [5, 5.41) is 10.5. The van der Waals surface area contributed by atoms with Crippen LogP contribution in [0.15, 0.2) is 18.2 Å². The van der Waals surface area contributed by atoms with Crippen LogP contribution in [0.4, 0.5) is 0 Å². The quantitative estimate of drug-likeness (QED) is 0.620. The van der Waals surface area contributed by atoms with Gasteiger partial charge in [0.15, 0.2) is 11.5 Å². The molecule has 0 aliphatic carbocycles. The molecule has 0 radical (unpaired) electrons. The summed E-state index contributed by atoms with van der Waals surface area (Å²) >= 11 is 3.38. The highest BCUT2D eigenvalue weighted by Crippen LogP contribution is 2.30. The fourth-order valence-corrected chi connectivity index (χ4v) is 1.84. The molecule has 1 aromatic rings. The topological polar surface area (TPSA) is 38.7 Å². The van der Waals surface area contributed by atoms with Crippen molar-refractivity contribution in [2.75, 3.05) is 19.0 Å². The molecule has 4 heteroatoms. The number of aliphatic hydroxyl groups excluding tert-OH is 1. The van der Waals surface area contributed by atoms with Crippen LogP contribution in [0.25, 0.3) is 0 Å². The van der Waals surface area contributed by atoms with Crippen LogP contribution in [-0.2, 0) is 0 Å². The lowest BCUT2D eigenvalue weighted by molar-refractivity contribution is 0.198. The van der Waals surface area contributed by atoms with Crippen molar-refractivity contribution < 1.29 is 14.6 Å². The van der Waals surface area contributed by atoms with Crippen molar-refractivity contribution in [2.24, 2.45) is 0 Å². The summed E-state index contributed by atoms with van der Waals surface area (Å²) in [5.74, 6) is 1.40. The first-order valence-corrected chi connectivity index (χ1v) is 6.86. The minimum absolute atomic E-state index is 0.494. The molecule has 96 valence electrons. The Kier molecular flexibility index (Phi) is 6.37. The molecule has 0 spiro atoms. The molecular formula is C13H19BrO3. The van der Waals surface area contributed by atoms with Gasteiger partial charge in [0.25, 0.3) is 0 Å². The van der Waals surface area contributed by atoms with Gasteiger partial charge in [-0.2, -0.15) is 0 Å². The molecule has 1 atom stereocenters. The van der Waals surface area contributed by atoms with Gasteiger partial charge in [-0.1, -0.05) is 22.0 Å². The van der Waals surface area contributed by atoms with Crippen LogP contribution in [0.1, 0.15) is 31.4 Å². The Balaban J connectivity index is 2.65. The van der Waals surface area contributed by atoms with Gasteiger partial charge in [0.2, 0.25) is 0 Å². The highest BCUT2D eigenvalue weighted by atomic mass is 79.9.